The van der Waals surface area contributed by atoms with Gasteiger partial charge < -0.3 is 14.4 Å². The Morgan fingerprint density at radius 1 is 1.03 bits per heavy atom. The van der Waals surface area contributed by atoms with Crippen molar-refractivity contribution < 1.29 is 14.3 Å². The molecule has 2 aromatic rings. The molecule has 0 bridgehead atoms. The molecule has 0 saturated carbocycles. The van der Waals surface area contributed by atoms with Crippen LogP contribution in [0.3, 0.4) is 0 Å². The number of Topliss-reactive ketones (excluding diaryl/α,β-unsaturated/α-hetero) is 1. The van der Waals surface area contributed by atoms with E-state index in [0.717, 1.165) is 52.9 Å². The van der Waals surface area contributed by atoms with E-state index in [4.69, 9.17) is 9.47 Å². The highest BCUT2D eigenvalue weighted by atomic mass is 79.9. The second-order valence-corrected chi connectivity index (χ2v) is 8.90. The van der Waals surface area contributed by atoms with Crippen LogP contribution in [0.1, 0.15) is 41.9 Å². The molecular formula is C24H20BrNO3. The number of fused-ring (bicyclic) bond motifs is 5. The second-order valence-electron chi connectivity index (χ2n) is 7.99. The molecule has 0 aromatic heterocycles. The highest BCUT2D eigenvalue weighted by molar-refractivity contribution is 9.10. The van der Waals surface area contributed by atoms with Crippen molar-refractivity contribution in [1.82, 2.24) is 4.90 Å². The van der Waals surface area contributed by atoms with E-state index in [1.165, 1.54) is 22.5 Å². The van der Waals surface area contributed by atoms with Crippen LogP contribution in [0, 0.1) is 0 Å². The summed E-state index contributed by atoms with van der Waals surface area (Å²) in [5.41, 5.74) is 7.04. The summed E-state index contributed by atoms with van der Waals surface area (Å²) < 4.78 is 12.3. The fraction of sp³-hybridized carbons (Fsp3) is 0.292. The molecule has 0 radical (unpaired) electrons. The summed E-state index contributed by atoms with van der Waals surface area (Å²) in [6, 6.07) is 12.6. The summed E-state index contributed by atoms with van der Waals surface area (Å²) in [6.45, 7) is 1.18. The van der Waals surface area contributed by atoms with Crippen molar-refractivity contribution in [3.63, 3.8) is 0 Å². The number of halogens is 1. The van der Waals surface area contributed by atoms with Crippen molar-refractivity contribution in [2.45, 2.75) is 31.6 Å². The number of carbonyl (C=O) groups excluding carboxylic acids is 1. The van der Waals surface area contributed by atoms with Gasteiger partial charge in [0.15, 0.2) is 17.3 Å². The molecule has 0 N–H and O–H groups in total. The van der Waals surface area contributed by atoms with E-state index in [1.807, 2.05) is 12.1 Å². The Morgan fingerprint density at radius 3 is 2.76 bits per heavy atom. The van der Waals surface area contributed by atoms with E-state index < -0.39 is 0 Å². The average Bonchev–Trinajstić information content (AvgIpc) is 3.19. The number of carbonyl (C=O) groups is 1. The predicted octanol–water partition coefficient (Wildman–Crippen LogP) is 5.18. The number of hydrogen-bond acceptors (Lipinski definition) is 4. The zero-order valence-corrected chi connectivity index (χ0v) is 17.5. The van der Waals surface area contributed by atoms with Gasteiger partial charge in [-0.2, -0.15) is 0 Å². The van der Waals surface area contributed by atoms with Crippen molar-refractivity contribution >= 4 is 27.4 Å². The summed E-state index contributed by atoms with van der Waals surface area (Å²) in [4.78, 5) is 15.4. The molecule has 146 valence electrons. The van der Waals surface area contributed by atoms with Crippen molar-refractivity contribution in [3.05, 3.63) is 74.9 Å². The molecule has 0 amide bonds. The lowest BCUT2D eigenvalue weighted by Crippen LogP contribution is -2.36. The molecule has 1 aliphatic carbocycles. The Hall–Kier alpha value is -2.53. The number of benzene rings is 2. The van der Waals surface area contributed by atoms with Gasteiger partial charge in [-0.3, -0.25) is 4.79 Å². The Morgan fingerprint density at radius 2 is 1.90 bits per heavy atom. The zero-order chi connectivity index (χ0) is 19.5. The van der Waals surface area contributed by atoms with Crippen LogP contribution in [-0.4, -0.2) is 24.0 Å². The lowest BCUT2D eigenvalue weighted by molar-refractivity contribution is -0.116. The van der Waals surface area contributed by atoms with Gasteiger partial charge in [-0.05, 0) is 60.7 Å². The molecule has 0 fully saturated rings. The Bertz CT molecular complexity index is 1120. The number of rotatable bonds is 1. The third-order valence-electron chi connectivity index (χ3n) is 6.37. The van der Waals surface area contributed by atoms with Crippen molar-refractivity contribution in [2.75, 3.05) is 13.3 Å². The molecule has 4 aliphatic rings. The molecular weight excluding hydrogens is 430 g/mol. The topological polar surface area (TPSA) is 38.8 Å². The van der Waals surface area contributed by atoms with Gasteiger partial charge in [-0.1, -0.05) is 28.1 Å². The normalized spacial score (nSPS) is 22.1. The van der Waals surface area contributed by atoms with Crippen LogP contribution in [0.2, 0.25) is 0 Å². The van der Waals surface area contributed by atoms with Crippen LogP contribution >= 0.6 is 15.9 Å². The Labute approximate surface area is 177 Å². The maximum absolute atomic E-state index is 13.0. The molecule has 3 aliphatic heterocycles. The first-order valence-corrected chi connectivity index (χ1v) is 10.9. The van der Waals surface area contributed by atoms with E-state index in [9.17, 15) is 4.79 Å². The number of nitrogens with zero attached hydrogens (tertiary/aromatic N) is 1. The summed E-state index contributed by atoms with van der Waals surface area (Å²) in [5.74, 6) is 1.93. The minimum atomic E-state index is -0.0158. The molecule has 0 saturated heterocycles. The SMILES string of the molecule is O=C1CCCC2=C1[C@@H](c1cccc(Br)c1)C=C1c3cc4c(cc3CCN12)OCO4. The van der Waals surface area contributed by atoms with Crippen LogP contribution < -0.4 is 9.47 Å². The van der Waals surface area contributed by atoms with Gasteiger partial charge in [0.25, 0.3) is 0 Å². The molecule has 1 atom stereocenters. The van der Waals surface area contributed by atoms with E-state index >= 15 is 0 Å². The highest BCUT2D eigenvalue weighted by Gasteiger charge is 2.38. The van der Waals surface area contributed by atoms with Gasteiger partial charge >= 0.3 is 0 Å². The fourth-order valence-electron chi connectivity index (χ4n) is 5.07. The first kappa shape index (κ1) is 17.3. The van der Waals surface area contributed by atoms with Gasteiger partial charge in [0.05, 0.1) is 0 Å². The molecule has 29 heavy (non-hydrogen) atoms. The maximum Gasteiger partial charge on any atom is 0.231 e. The average molecular weight is 450 g/mol. The molecule has 0 unspecified atom stereocenters. The smallest absolute Gasteiger partial charge is 0.231 e. The molecule has 6 rings (SSSR count). The standard InChI is InChI=1S/C24H20BrNO3/c25-16-4-1-3-14(9-16)18-11-20-17-12-23-22(28-13-29-23)10-15(17)7-8-26(20)19-5-2-6-21(27)24(18)19/h1,3-4,9-12,18H,2,5-8,13H2/t18-/m1/s1. The monoisotopic (exact) mass is 449 g/mol. The van der Waals surface area contributed by atoms with Crippen LogP contribution in [0.15, 0.2) is 58.2 Å². The number of ketones is 1. The van der Waals surface area contributed by atoms with Crippen LogP contribution in [-0.2, 0) is 11.2 Å². The van der Waals surface area contributed by atoms with E-state index in [1.54, 1.807) is 0 Å². The van der Waals surface area contributed by atoms with Gasteiger partial charge in [0.1, 0.15) is 0 Å². The Balaban J connectivity index is 1.55. The minimum Gasteiger partial charge on any atom is -0.454 e. The summed E-state index contributed by atoms with van der Waals surface area (Å²) in [6.07, 6.45) is 5.76. The van der Waals surface area contributed by atoms with Crippen LogP contribution in [0.5, 0.6) is 11.5 Å². The Kier molecular flexibility index (Phi) is 3.88. The van der Waals surface area contributed by atoms with Crippen molar-refractivity contribution in [2.24, 2.45) is 0 Å². The molecule has 0 spiro atoms. The number of allylic oxidation sites excluding steroid dienone is 3. The van der Waals surface area contributed by atoms with Gasteiger partial charge in [-0.15, -0.1) is 0 Å². The van der Waals surface area contributed by atoms with Crippen LogP contribution in [0.25, 0.3) is 5.70 Å². The predicted molar refractivity (Wildman–Crippen MR) is 114 cm³/mol. The molecule has 3 heterocycles. The largest absolute Gasteiger partial charge is 0.454 e. The maximum atomic E-state index is 13.0. The third kappa shape index (κ3) is 2.67. The van der Waals surface area contributed by atoms with Crippen LogP contribution in [0.4, 0.5) is 0 Å². The first-order valence-electron chi connectivity index (χ1n) is 10.1. The zero-order valence-electron chi connectivity index (χ0n) is 15.9. The van der Waals surface area contributed by atoms with Crippen molar-refractivity contribution in [3.8, 4) is 11.5 Å². The second kappa shape index (κ2) is 6.49. The number of hydrogen-bond donors (Lipinski definition) is 0. The minimum absolute atomic E-state index is 0.0158. The van der Waals surface area contributed by atoms with E-state index in [0.29, 0.717) is 12.2 Å². The quantitative estimate of drug-likeness (QED) is 0.600. The van der Waals surface area contributed by atoms with Gasteiger partial charge in [0.2, 0.25) is 6.79 Å². The third-order valence-corrected chi connectivity index (χ3v) is 6.86. The highest BCUT2D eigenvalue weighted by Crippen LogP contribution is 2.48. The van der Waals surface area contributed by atoms with E-state index in [-0.39, 0.29) is 12.7 Å². The van der Waals surface area contributed by atoms with Gasteiger partial charge in [-0.25, -0.2) is 0 Å². The number of ether oxygens (including phenoxy) is 2. The lowest BCUT2D eigenvalue weighted by atomic mass is 9.77. The molecule has 2 aromatic carbocycles. The molecule has 4 nitrogen and oxygen atoms in total. The van der Waals surface area contributed by atoms with E-state index in [2.05, 4.69) is 51.2 Å². The first-order chi connectivity index (χ1) is 14.2. The molecule has 5 heteroatoms. The summed E-state index contributed by atoms with van der Waals surface area (Å²) in [7, 11) is 0. The van der Waals surface area contributed by atoms with Gasteiger partial charge in [0, 0.05) is 45.9 Å². The summed E-state index contributed by atoms with van der Waals surface area (Å²) in [5, 5.41) is 0. The fourth-order valence-corrected chi connectivity index (χ4v) is 5.49. The summed E-state index contributed by atoms with van der Waals surface area (Å²) >= 11 is 3.60. The van der Waals surface area contributed by atoms with Crippen molar-refractivity contribution in [1.29, 1.82) is 0 Å². The lowest BCUT2D eigenvalue weighted by Gasteiger charge is -2.42.